The van der Waals surface area contributed by atoms with Gasteiger partial charge in [0.15, 0.2) is 5.82 Å². The highest BCUT2D eigenvalue weighted by atomic mass is 16.5. The van der Waals surface area contributed by atoms with E-state index in [4.69, 9.17) is 9.47 Å². The lowest BCUT2D eigenvalue weighted by Crippen LogP contribution is -2.49. The Bertz CT molecular complexity index is 1110. The van der Waals surface area contributed by atoms with Crippen molar-refractivity contribution < 1.29 is 14.3 Å². The number of piperazine rings is 1. The van der Waals surface area contributed by atoms with E-state index in [1.54, 1.807) is 32.4 Å². The lowest BCUT2D eigenvalue weighted by Gasteiger charge is -2.35. The van der Waals surface area contributed by atoms with Crippen LogP contribution in [0.2, 0.25) is 0 Å². The first-order valence-corrected chi connectivity index (χ1v) is 10.5. The molecule has 0 saturated carbocycles. The van der Waals surface area contributed by atoms with E-state index in [1.165, 1.54) is 0 Å². The topological polar surface area (TPSA) is 85.6 Å². The van der Waals surface area contributed by atoms with Gasteiger partial charge < -0.3 is 19.3 Å². The summed E-state index contributed by atoms with van der Waals surface area (Å²) in [6.45, 7) is 8.41. The monoisotopic (exact) mass is 436 g/mol. The summed E-state index contributed by atoms with van der Waals surface area (Å²) in [7, 11) is 3.15. The van der Waals surface area contributed by atoms with Crippen LogP contribution >= 0.6 is 0 Å². The number of carbonyl (C=O) groups excluding carboxylic acids is 1. The van der Waals surface area contributed by atoms with E-state index in [0.717, 1.165) is 23.0 Å². The number of aryl methyl sites for hydroxylation is 3. The Balaban J connectivity index is 1.49. The normalized spacial score (nSPS) is 13.9. The molecular weight excluding hydrogens is 408 g/mol. The fraction of sp³-hybridized carbons (Fsp3) is 0.391. The number of hydrogen-bond acceptors (Lipinski definition) is 7. The minimum Gasteiger partial charge on any atom is -0.497 e. The summed E-state index contributed by atoms with van der Waals surface area (Å²) < 4.78 is 12.4. The molecule has 168 valence electrons. The van der Waals surface area contributed by atoms with Gasteiger partial charge in [-0.15, -0.1) is 0 Å². The van der Waals surface area contributed by atoms with Crippen LogP contribution in [0.25, 0.3) is 5.82 Å². The summed E-state index contributed by atoms with van der Waals surface area (Å²) in [6.07, 6.45) is 0. The predicted octanol–water partition coefficient (Wildman–Crippen LogP) is 2.57. The van der Waals surface area contributed by atoms with Crippen molar-refractivity contribution in [3.05, 3.63) is 53.1 Å². The number of nitrogens with zero attached hydrogens (tertiary/aromatic N) is 6. The molecule has 3 heterocycles. The quantitative estimate of drug-likeness (QED) is 0.608. The molecular formula is C23H28N6O3. The molecule has 3 aromatic rings. The Labute approximate surface area is 187 Å². The third-order valence-corrected chi connectivity index (χ3v) is 5.53. The first-order chi connectivity index (χ1) is 15.4. The van der Waals surface area contributed by atoms with Gasteiger partial charge in [0.05, 0.1) is 19.9 Å². The van der Waals surface area contributed by atoms with Crippen molar-refractivity contribution in [1.29, 1.82) is 0 Å². The number of hydrogen-bond donors (Lipinski definition) is 0. The maximum Gasteiger partial charge on any atom is 0.254 e. The number of rotatable bonds is 5. The molecule has 1 aromatic carbocycles. The molecule has 0 aliphatic carbocycles. The van der Waals surface area contributed by atoms with Crippen LogP contribution in [0, 0.1) is 20.8 Å². The van der Waals surface area contributed by atoms with Crippen molar-refractivity contribution in [3.63, 3.8) is 0 Å². The molecule has 0 radical (unpaired) electrons. The molecule has 32 heavy (non-hydrogen) atoms. The van der Waals surface area contributed by atoms with Crippen LogP contribution in [0.3, 0.4) is 0 Å². The molecule has 1 saturated heterocycles. The molecule has 9 heteroatoms. The van der Waals surface area contributed by atoms with Gasteiger partial charge >= 0.3 is 0 Å². The number of aromatic nitrogens is 4. The highest BCUT2D eigenvalue weighted by Gasteiger charge is 2.24. The summed E-state index contributed by atoms with van der Waals surface area (Å²) in [4.78, 5) is 26.3. The Morgan fingerprint density at radius 2 is 1.47 bits per heavy atom. The van der Waals surface area contributed by atoms with Gasteiger partial charge in [-0.3, -0.25) is 4.79 Å². The Morgan fingerprint density at radius 3 is 2.03 bits per heavy atom. The predicted molar refractivity (Wildman–Crippen MR) is 121 cm³/mol. The van der Waals surface area contributed by atoms with E-state index in [1.807, 2.05) is 42.5 Å². The third kappa shape index (κ3) is 4.37. The summed E-state index contributed by atoms with van der Waals surface area (Å²) >= 11 is 0. The number of carbonyl (C=O) groups is 1. The highest BCUT2D eigenvalue weighted by Crippen LogP contribution is 2.24. The first-order valence-electron chi connectivity index (χ1n) is 10.5. The van der Waals surface area contributed by atoms with Crippen molar-refractivity contribution in [2.45, 2.75) is 20.8 Å². The standard InChI is InChI=1S/C23H28N6O3/c1-15-10-16(2)29(26-15)22-14-21(24-17(3)25-22)27-6-8-28(9-7-27)23(30)18-11-19(31-4)13-20(12-18)32-5/h10-14H,6-9H2,1-5H3. The molecule has 0 atom stereocenters. The zero-order chi connectivity index (χ0) is 22.8. The van der Waals surface area contributed by atoms with Gasteiger partial charge in [-0.25, -0.2) is 14.6 Å². The Hall–Kier alpha value is -3.62. The first kappa shape index (κ1) is 21.6. The van der Waals surface area contributed by atoms with Crippen LogP contribution in [0.5, 0.6) is 11.5 Å². The van der Waals surface area contributed by atoms with E-state index >= 15 is 0 Å². The lowest BCUT2D eigenvalue weighted by atomic mass is 10.1. The summed E-state index contributed by atoms with van der Waals surface area (Å²) in [5.41, 5.74) is 2.52. The molecule has 4 rings (SSSR count). The molecule has 9 nitrogen and oxygen atoms in total. The average molecular weight is 437 g/mol. The van der Waals surface area contributed by atoms with E-state index in [0.29, 0.717) is 49.1 Å². The molecule has 1 fully saturated rings. The van der Waals surface area contributed by atoms with Crippen LogP contribution in [-0.2, 0) is 0 Å². The zero-order valence-corrected chi connectivity index (χ0v) is 19.1. The molecule has 1 aliphatic heterocycles. The number of amides is 1. The lowest BCUT2D eigenvalue weighted by molar-refractivity contribution is 0.0745. The van der Waals surface area contributed by atoms with Crippen molar-refractivity contribution in [1.82, 2.24) is 24.6 Å². The van der Waals surface area contributed by atoms with Crippen LogP contribution in [0.1, 0.15) is 27.6 Å². The van der Waals surface area contributed by atoms with Gasteiger partial charge in [-0.05, 0) is 39.0 Å². The van der Waals surface area contributed by atoms with Gasteiger partial charge in [-0.2, -0.15) is 5.10 Å². The van der Waals surface area contributed by atoms with Gasteiger partial charge in [0.1, 0.15) is 23.1 Å². The molecule has 0 spiro atoms. The van der Waals surface area contributed by atoms with Gasteiger partial charge in [0, 0.05) is 49.6 Å². The fourth-order valence-corrected chi connectivity index (χ4v) is 3.92. The van der Waals surface area contributed by atoms with E-state index < -0.39 is 0 Å². The van der Waals surface area contributed by atoms with E-state index in [9.17, 15) is 4.79 Å². The summed E-state index contributed by atoms with van der Waals surface area (Å²) in [6, 6.07) is 9.22. The van der Waals surface area contributed by atoms with Crippen molar-refractivity contribution in [3.8, 4) is 17.3 Å². The van der Waals surface area contributed by atoms with Crippen LogP contribution in [-0.4, -0.2) is 71.0 Å². The third-order valence-electron chi connectivity index (χ3n) is 5.53. The number of benzene rings is 1. The zero-order valence-electron chi connectivity index (χ0n) is 19.1. The second-order valence-electron chi connectivity index (χ2n) is 7.85. The minimum atomic E-state index is -0.0379. The highest BCUT2D eigenvalue weighted by molar-refractivity contribution is 5.95. The maximum atomic E-state index is 13.1. The molecule has 0 unspecified atom stereocenters. The molecule has 0 bridgehead atoms. The number of anilines is 1. The van der Waals surface area contributed by atoms with E-state index in [-0.39, 0.29) is 5.91 Å². The van der Waals surface area contributed by atoms with Crippen LogP contribution < -0.4 is 14.4 Å². The van der Waals surface area contributed by atoms with Crippen molar-refractivity contribution in [2.24, 2.45) is 0 Å². The molecule has 1 amide bonds. The fourth-order valence-electron chi connectivity index (χ4n) is 3.92. The smallest absolute Gasteiger partial charge is 0.254 e. The Kier molecular flexibility index (Phi) is 5.98. The molecule has 1 aliphatic rings. The van der Waals surface area contributed by atoms with Gasteiger partial charge in [0.25, 0.3) is 5.91 Å². The Morgan fingerprint density at radius 1 is 0.844 bits per heavy atom. The van der Waals surface area contributed by atoms with Crippen molar-refractivity contribution in [2.75, 3.05) is 45.3 Å². The minimum absolute atomic E-state index is 0.0379. The van der Waals surface area contributed by atoms with Gasteiger partial charge in [-0.1, -0.05) is 0 Å². The van der Waals surface area contributed by atoms with Crippen LogP contribution in [0.4, 0.5) is 5.82 Å². The average Bonchev–Trinajstić information content (AvgIpc) is 3.15. The number of ether oxygens (including phenoxy) is 2. The molecule has 2 aromatic heterocycles. The maximum absolute atomic E-state index is 13.1. The second kappa shape index (κ2) is 8.86. The SMILES string of the molecule is COc1cc(OC)cc(C(=O)N2CCN(c3cc(-n4nc(C)cc4C)nc(C)n3)CC2)c1. The number of methoxy groups -OCH3 is 2. The van der Waals surface area contributed by atoms with E-state index in [2.05, 4.69) is 20.0 Å². The second-order valence-corrected chi connectivity index (χ2v) is 7.85. The largest absolute Gasteiger partial charge is 0.497 e. The summed E-state index contributed by atoms with van der Waals surface area (Å²) in [5, 5.41) is 4.54. The summed E-state index contributed by atoms with van der Waals surface area (Å²) in [5.74, 6) is 3.44. The molecule has 0 N–H and O–H groups in total. The van der Waals surface area contributed by atoms with Gasteiger partial charge in [0.2, 0.25) is 0 Å². The van der Waals surface area contributed by atoms with Crippen molar-refractivity contribution >= 4 is 11.7 Å². The van der Waals surface area contributed by atoms with Crippen LogP contribution in [0.15, 0.2) is 30.3 Å².